The van der Waals surface area contributed by atoms with E-state index in [-0.39, 0.29) is 5.56 Å². The highest BCUT2D eigenvalue weighted by Gasteiger charge is 2.14. The van der Waals surface area contributed by atoms with E-state index >= 15 is 0 Å². The molecule has 0 atom stereocenters. The fraction of sp³-hybridized carbons (Fsp3) is 0.0556. The highest BCUT2D eigenvalue weighted by atomic mass is 16.1. The first kappa shape index (κ1) is 13.5. The fourth-order valence-electron chi connectivity index (χ4n) is 2.81. The number of pyridine rings is 1. The highest BCUT2D eigenvalue weighted by molar-refractivity contribution is 5.90. The van der Waals surface area contributed by atoms with Crippen LogP contribution in [0.5, 0.6) is 0 Å². The van der Waals surface area contributed by atoms with Gasteiger partial charge in [0, 0.05) is 28.9 Å². The number of nitrogens with one attached hydrogen (secondary N) is 2. The zero-order chi connectivity index (χ0) is 15.8. The molecular weight excluding hydrogens is 288 g/mol. The summed E-state index contributed by atoms with van der Waals surface area (Å²) in [6.45, 7) is 2.01. The number of aromatic nitrogens is 4. The maximum atomic E-state index is 12.3. The van der Waals surface area contributed by atoms with Gasteiger partial charge >= 0.3 is 0 Å². The minimum Gasteiger partial charge on any atom is -0.354 e. The topological polar surface area (TPSA) is 74.4 Å². The molecule has 112 valence electrons. The second-order valence-corrected chi connectivity index (χ2v) is 5.40. The third kappa shape index (κ3) is 2.23. The van der Waals surface area contributed by atoms with E-state index in [1.807, 2.05) is 49.4 Å². The number of hydrogen-bond acceptors (Lipinski definition) is 3. The molecule has 1 aromatic carbocycles. The van der Waals surface area contributed by atoms with E-state index in [4.69, 9.17) is 0 Å². The smallest absolute Gasteiger partial charge is 0.273 e. The molecule has 0 aliphatic carbocycles. The van der Waals surface area contributed by atoms with Crippen LogP contribution in [0.2, 0.25) is 0 Å². The molecule has 0 saturated heterocycles. The molecule has 0 amide bonds. The molecule has 0 bridgehead atoms. The predicted octanol–water partition coefficient (Wildman–Crippen LogP) is 3.29. The maximum Gasteiger partial charge on any atom is 0.273 e. The fourth-order valence-corrected chi connectivity index (χ4v) is 2.81. The van der Waals surface area contributed by atoms with E-state index in [1.165, 1.54) is 0 Å². The number of H-pyrrole nitrogens is 2. The SMILES string of the molecule is Cc1c(-c2cc(-c3ccncc3)n[nH]c2=O)[nH]c2ccccc12. The van der Waals surface area contributed by atoms with Crippen molar-refractivity contribution in [2.75, 3.05) is 0 Å². The van der Waals surface area contributed by atoms with Crippen molar-refractivity contribution in [2.45, 2.75) is 6.92 Å². The van der Waals surface area contributed by atoms with Crippen LogP contribution in [0.1, 0.15) is 5.56 Å². The number of benzene rings is 1. The van der Waals surface area contributed by atoms with Crippen LogP contribution in [0.15, 0.2) is 59.7 Å². The lowest BCUT2D eigenvalue weighted by Crippen LogP contribution is -2.12. The average molecular weight is 302 g/mol. The molecule has 0 fully saturated rings. The van der Waals surface area contributed by atoms with Crippen molar-refractivity contribution in [1.29, 1.82) is 0 Å². The lowest BCUT2D eigenvalue weighted by molar-refractivity contribution is 0.995. The van der Waals surface area contributed by atoms with Crippen molar-refractivity contribution in [1.82, 2.24) is 20.2 Å². The summed E-state index contributed by atoms with van der Waals surface area (Å²) in [5.74, 6) is 0. The number of hydrogen-bond donors (Lipinski definition) is 2. The molecule has 0 unspecified atom stereocenters. The zero-order valence-corrected chi connectivity index (χ0v) is 12.5. The van der Waals surface area contributed by atoms with Gasteiger partial charge in [0.25, 0.3) is 5.56 Å². The van der Waals surface area contributed by atoms with Crippen molar-refractivity contribution in [3.63, 3.8) is 0 Å². The minimum atomic E-state index is -0.211. The quantitative estimate of drug-likeness (QED) is 0.596. The van der Waals surface area contributed by atoms with Gasteiger partial charge in [-0.15, -0.1) is 0 Å². The number of rotatable bonds is 2. The van der Waals surface area contributed by atoms with E-state index in [1.54, 1.807) is 12.4 Å². The highest BCUT2D eigenvalue weighted by Crippen LogP contribution is 2.28. The standard InChI is InChI=1S/C18H14N4O/c1-11-13-4-2-3-5-15(13)20-17(11)14-10-16(21-22-18(14)23)12-6-8-19-9-7-12/h2-10,20H,1H3,(H,22,23). The van der Waals surface area contributed by atoms with Crippen LogP contribution in [0.3, 0.4) is 0 Å². The number of nitrogens with zero attached hydrogens (tertiary/aromatic N) is 2. The Morgan fingerprint density at radius 2 is 1.83 bits per heavy atom. The molecule has 4 aromatic rings. The number of aromatic amines is 2. The molecule has 5 nitrogen and oxygen atoms in total. The summed E-state index contributed by atoms with van der Waals surface area (Å²) in [4.78, 5) is 19.6. The molecule has 2 N–H and O–H groups in total. The van der Waals surface area contributed by atoms with Gasteiger partial charge in [0.15, 0.2) is 0 Å². The van der Waals surface area contributed by atoms with Crippen LogP contribution in [-0.4, -0.2) is 20.2 Å². The van der Waals surface area contributed by atoms with Gasteiger partial charge in [0.2, 0.25) is 0 Å². The van der Waals surface area contributed by atoms with Crippen LogP contribution in [0.25, 0.3) is 33.4 Å². The van der Waals surface area contributed by atoms with Gasteiger partial charge < -0.3 is 4.98 Å². The summed E-state index contributed by atoms with van der Waals surface area (Å²) in [7, 11) is 0. The molecule has 23 heavy (non-hydrogen) atoms. The molecule has 0 aliphatic heterocycles. The van der Waals surface area contributed by atoms with Gasteiger partial charge in [0.1, 0.15) is 0 Å². The largest absolute Gasteiger partial charge is 0.354 e. The van der Waals surface area contributed by atoms with E-state index in [9.17, 15) is 4.79 Å². The lowest BCUT2D eigenvalue weighted by Gasteiger charge is -2.03. The molecular formula is C18H14N4O. The Balaban J connectivity index is 1.94. The van der Waals surface area contributed by atoms with E-state index in [2.05, 4.69) is 20.2 Å². The van der Waals surface area contributed by atoms with Gasteiger partial charge in [-0.05, 0) is 36.8 Å². The molecule has 0 spiro atoms. The predicted molar refractivity (Wildman–Crippen MR) is 90.1 cm³/mol. The first-order valence-electron chi connectivity index (χ1n) is 7.32. The molecule has 3 heterocycles. The third-order valence-electron chi connectivity index (χ3n) is 4.01. The second-order valence-electron chi connectivity index (χ2n) is 5.40. The molecule has 4 rings (SSSR count). The molecule has 3 aromatic heterocycles. The van der Waals surface area contributed by atoms with Crippen LogP contribution in [0.4, 0.5) is 0 Å². The Kier molecular flexibility index (Phi) is 3.05. The van der Waals surface area contributed by atoms with E-state index in [0.29, 0.717) is 11.3 Å². The summed E-state index contributed by atoms with van der Waals surface area (Å²) >= 11 is 0. The van der Waals surface area contributed by atoms with Crippen molar-refractivity contribution >= 4 is 10.9 Å². The Morgan fingerprint density at radius 1 is 1.04 bits per heavy atom. The van der Waals surface area contributed by atoms with Crippen molar-refractivity contribution < 1.29 is 0 Å². The first-order valence-corrected chi connectivity index (χ1v) is 7.32. The average Bonchev–Trinajstić information content (AvgIpc) is 2.93. The molecule has 0 radical (unpaired) electrons. The van der Waals surface area contributed by atoms with Gasteiger partial charge in [0.05, 0.1) is 17.0 Å². The Labute approximate surface area is 132 Å². The zero-order valence-electron chi connectivity index (χ0n) is 12.5. The summed E-state index contributed by atoms with van der Waals surface area (Å²) in [6.07, 6.45) is 3.41. The summed E-state index contributed by atoms with van der Waals surface area (Å²) in [5.41, 5.74) is 4.88. The summed E-state index contributed by atoms with van der Waals surface area (Å²) in [5, 5.41) is 7.85. The van der Waals surface area contributed by atoms with Crippen molar-refractivity contribution in [3.8, 4) is 22.5 Å². The Hall–Kier alpha value is -3.21. The van der Waals surface area contributed by atoms with E-state index in [0.717, 1.165) is 27.7 Å². The van der Waals surface area contributed by atoms with Gasteiger partial charge in [-0.3, -0.25) is 9.78 Å². The Morgan fingerprint density at radius 3 is 2.61 bits per heavy atom. The number of fused-ring (bicyclic) bond motifs is 1. The Bertz CT molecular complexity index is 1050. The van der Waals surface area contributed by atoms with Crippen molar-refractivity contribution in [2.24, 2.45) is 0 Å². The van der Waals surface area contributed by atoms with E-state index < -0.39 is 0 Å². The lowest BCUT2D eigenvalue weighted by atomic mass is 10.1. The van der Waals surface area contributed by atoms with Crippen LogP contribution < -0.4 is 5.56 Å². The molecule has 0 aliphatic rings. The number of para-hydroxylation sites is 1. The van der Waals surface area contributed by atoms with Crippen LogP contribution in [-0.2, 0) is 0 Å². The van der Waals surface area contributed by atoms with Crippen LogP contribution >= 0.6 is 0 Å². The first-order chi connectivity index (χ1) is 11.2. The number of aryl methyl sites for hydroxylation is 1. The van der Waals surface area contributed by atoms with Gasteiger partial charge in [-0.2, -0.15) is 5.10 Å². The summed E-state index contributed by atoms with van der Waals surface area (Å²) in [6, 6.07) is 13.6. The monoisotopic (exact) mass is 302 g/mol. The molecule has 0 saturated carbocycles. The summed E-state index contributed by atoms with van der Waals surface area (Å²) < 4.78 is 0. The van der Waals surface area contributed by atoms with Gasteiger partial charge in [-0.1, -0.05) is 18.2 Å². The third-order valence-corrected chi connectivity index (χ3v) is 4.01. The minimum absolute atomic E-state index is 0.211. The van der Waals surface area contributed by atoms with Crippen molar-refractivity contribution in [3.05, 3.63) is 70.8 Å². The normalized spacial score (nSPS) is 11.0. The van der Waals surface area contributed by atoms with Gasteiger partial charge in [-0.25, -0.2) is 5.10 Å². The second kappa shape index (κ2) is 5.21. The molecule has 5 heteroatoms. The maximum absolute atomic E-state index is 12.3. The van der Waals surface area contributed by atoms with Crippen LogP contribution in [0, 0.1) is 6.92 Å².